The number of imidazole rings is 1. The van der Waals surface area contributed by atoms with E-state index in [9.17, 15) is 4.39 Å². The Kier molecular flexibility index (Phi) is 2.79. The molecule has 0 saturated carbocycles. The van der Waals surface area contributed by atoms with E-state index in [0.717, 1.165) is 0 Å². The smallest absolute Gasteiger partial charge is 0.312 e. The summed E-state index contributed by atoms with van der Waals surface area (Å²) in [6.45, 7) is 3.99. The Hall–Kier alpha value is -2.20. The van der Waals surface area contributed by atoms with Crippen LogP contribution in [0.5, 0.6) is 0 Å². The van der Waals surface area contributed by atoms with Crippen molar-refractivity contribution in [3.63, 3.8) is 0 Å². The quantitative estimate of drug-likeness (QED) is 0.675. The van der Waals surface area contributed by atoms with E-state index in [1.807, 2.05) is 13.8 Å². The van der Waals surface area contributed by atoms with Gasteiger partial charge in [-0.15, -0.1) is 6.40 Å². The monoisotopic (exact) mass is 290 g/mol. The lowest BCUT2D eigenvalue weighted by Crippen LogP contribution is -2.31. The third-order valence-corrected chi connectivity index (χ3v) is 4.17. The van der Waals surface area contributed by atoms with Gasteiger partial charge in [-0.25, -0.2) is 4.98 Å². The predicted molar refractivity (Wildman–Crippen MR) is 75.5 cm³/mol. The number of nitrogens with zero attached hydrogens (tertiary/aromatic N) is 4. The zero-order valence-corrected chi connectivity index (χ0v) is 11.8. The van der Waals surface area contributed by atoms with Crippen LogP contribution in [0.2, 0.25) is 0 Å². The standard InChI is InChI=1S/C14H16FN5O/c1-4-14(5-2)8(3)6-9(21-14)20-7-17-10-11(16)18-13(15)19-12(10)20/h1,7-9H,5-6H2,2-3H3,(H2,16,18,19)/t8-,9+,14+/m0/s1/i1D. The van der Waals surface area contributed by atoms with Gasteiger partial charge in [0.05, 0.1) is 6.33 Å². The first-order valence-electron chi connectivity index (χ1n) is 7.28. The Morgan fingerprint density at radius 3 is 3.24 bits per heavy atom. The highest BCUT2D eigenvalue weighted by molar-refractivity contribution is 5.81. The van der Waals surface area contributed by atoms with Crippen molar-refractivity contribution in [1.29, 1.82) is 0 Å². The molecule has 0 bridgehead atoms. The molecule has 2 N–H and O–H groups in total. The molecule has 0 radical (unpaired) electrons. The van der Waals surface area contributed by atoms with Crippen LogP contribution in [0.3, 0.4) is 0 Å². The fourth-order valence-electron chi connectivity index (χ4n) is 2.86. The van der Waals surface area contributed by atoms with Gasteiger partial charge in [0.2, 0.25) is 0 Å². The van der Waals surface area contributed by atoms with E-state index in [2.05, 4.69) is 27.3 Å². The van der Waals surface area contributed by atoms with Gasteiger partial charge in [0.25, 0.3) is 0 Å². The summed E-state index contributed by atoms with van der Waals surface area (Å²) in [6, 6.07) is 0. The van der Waals surface area contributed by atoms with Crippen LogP contribution in [0.15, 0.2) is 6.33 Å². The average Bonchev–Trinajstić information content (AvgIpc) is 3.02. The summed E-state index contributed by atoms with van der Waals surface area (Å²) in [7, 11) is 0. The minimum Gasteiger partial charge on any atom is -0.382 e. The van der Waals surface area contributed by atoms with Crippen molar-refractivity contribution in [2.75, 3.05) is 5.73 Å². The zero-order chi connectivity index (χ0) is 15.9. The van der Waals surface area contributed by atoms with E-state index in [4.69, 9.17) is 11.8 Å². The summed E-state index contributed by atoms with van der Waals surface area (Å²) < 4.78 is 28.3. The molecule has 1 aliphatic rings. The van der Waals surface area contributed by atoms with Crippen LogP contribution in [0.1, 0.15) is 34.3 Å². The molecular formula is C14H16FN5O. The summed E-state index contributed by atoms with van der Waals surface area (Å²) >= 11 is 0. The first-order valence-corrected chi connectivity index (χ1v) is 6.78. The van der Waals surface area contributed by atoms with Crippen LogP contribution in [-0.4, -0.2) is 25.1 Å². The Morgan fingerprint density at radius 2 is 2.52 bits per heavy atom. The predicted octanol–water partition coefficient (Wildman–Crippen LogP) is 1.88. The largest absolute Gasteiger partial charge is 0.382 e. The number of anilines is 1. The Morgan fingerprint density at radius 1 is 1.71 bits per heavy atom. The topological polar surface area (TPSA) is 78.9 Å². The van der Waals surface area contributed by atoms with Crippen LogP contribution < -0.4 is 5.73 Å². The molecular weight excluding hydrogens is 273 g/mol. The van der Waals surface area contributed by atoms with Crippen LogP contribution in [0, 0.1) is 24.3 Å². The molecule has 0 unspecified atom stereocenters. The van der Waals surface area contributed by atoms with Gasteiger partial charge in [0.15, 0.2) is 17.0 Å². The molecule has 0 spiro atoms. The number of nitrogens with two attached hydrogens (primary N) is 1. The van der Waals surface area contributed by atoms with E-state index in [1.54, 1.807) is 4.57 Å². The highest BCUT2D eigenvalue weighted by atomic mass is 19.1. The number of nitrogen functional groups attached to an aromatic ring is 1. The van der Waals surface area contributed by atoms with Crippen LogP contribution in [-0.2, 0) is 4.74 Å². The molecule has 110 valence electrons. The third-order valence-electron chi connectivity index (χ3n) is 4.17. The summed E-state index contributed by atoms with van der Waals surface area (Å²) in [5.41, 5.74) is 5.63. The SMILES string of the molecule is [2H]C#C[C@]1(CC)O[C@@H](n2cnc3c(N)nc(F)nc32)C[C@@H]1C. The second-order valence-corrected chi connectivity index (χ2v) is 5.28. The fraction of sp³-hybridized carbons (Fsp3) is 0.500. The molecule has 2 aromatic heterocycles. The molecule has 6 nitrogen and oxygen atoms in total. The molecule has 3 heterocycles. The average molecular weight is 290 g/mol. The molecule has 3 rings (SSSR count). The van der Waals surface area contributed by atoms with Gasteiger partial charge in [-0.1, -0.05) is 19.8 Å². The van der Waals surface area contributed by atoms with Crippen LogP contribution >= 0.6 is 0 Å². The van der Waals surface area contributed by atoms with Crippen molar-refractivity contribution >= 4 is 17.0 Å². The molecule has 1 fully saturated rings. The van der Waals surface area contributed by atoms with E-state index in [0.29, 0.717) is 24.0 Å². The number of fused-ring (bicyclic) bond motifs is 1. The Balaban J connectivity index is 2.04. The molecule has 3 atom stereocenters. The first-order chi connectivity index (χ1) is 10.5. The summed E-state index contributed by atoms with van der Waals surface area (Å²) in [4.78, 5) is 11.4. The van der Waals surface area contributed by atoms with Gasteiger partial charge >= 0.3 is 6.08 Å². The van der Waals surface area contributed by atoms with Crippen LogP contribution in [0.25, 0.3) is 11.2 Å². The molecule has 1 saturated heterocycles. The molecule has 21 heavy (non-hydrogen) atoms. The minimum atomic E-state index is -0.898. The van der Waals surface area contributed by atoms with E-state index < -0.39 is 11.7 Å². The van der Waals surface area contributed by atoms with Crippen molar-refractivity contribution < 1.29 is 10.5 Å². The number of hydrogen-bond acceptors (Lipinski definition) is 5. The molecule has 0 amide bonds. The number of terminal acetylenes is 1. The minimum absolute atomic E-state index is 0.0000000525. The number of hydrogen-bond donors (Lipinski definition) is 1. The lowest BCUT2D eigenvalue weighted by molar-refractivity contribution is -0.0465. The number of ether oxygens (including phenoxy) is 1. The van der Waals surface area contributed by atoms with Crippen molar-refractivity contribution in [3.05, 3.63) is 12.4 Å². The third kappa shape index (κ3) is 1.94. The maximum absolute atomic E-state index is 13.4. The van der Waals surface area contributed by atoms with E-state index >= 15 is 0 Å². The summed E-state index contributed by atoms with van der Waals surface area (Å²) in [6.07, 6.45) is 3.77. The van der Waals surface area contributed by atoms with Gasteiger partial charge in [0, 0.05) is 5.92 Å². The van der Waals surface area contributed by atoms with E-state index in [1.165, 1.54) is 6.33 Å². The normalized spacial score (nSPS) is 29.2. The van der Waals surface area contributed by atoms with E-state index in [-0.39, 0.29) is 18.0 Å². The van der Waals surface area contributed by atoms with Crippen LogP contribution in [0.4, 0.5) is 10.2 Å². The van der Waals surface area contributed by atoms with Gasteiger partial charge in [-0.05, 0) is 12.8 Å². The van der Waals surface area contributed by atoms with Crippen molar-refractivity contribution in [1.82, 2.24) is 19.5 Å². The molecule has 0 aliphatic carbocycles. The number of rotatable bonds is 2. The zero-order valence-electron chi connectivity index (χ0n) is 12.8. The second kappa shape index (κ2) is 4.67. The van der Waals surface area contributed by atoms with Gasteiger partial charge in [-0.2, -0.15) is 14.4 Å². The maximum Gasteiger partial charge on any atom is 0.312 e. The molecule has 7 heteroatoms. The molecule has 2 aromatic rings. The number of aromatic nitrogens is 4. The Bertz CT molecular complexity index is 783. The molecule has 0 aromatic carbocycles. The van der Waals surface area contributed by atoms with Crippen molar-refractivity contribution in [2.45, 2.75) is 38.5 Å². The fourth-order valence-corrected chi connectivity index (χ4v) is 2.86. The highest BCUT2D eigenvalue weighted by Gasteiger charge is 2.44. The maximum atomic E-state index is 13.4. The highest BCUT2D eigenvalue weighted by Crippen LogP contribution is 2.43. The second-order valence-electron chi connectivity index (χ2n) is 5.28. The number of halogens is 1. The van der Waals surface area contributed by atoms with Crippen molar-refractivity contribution in [3.8, 4) is 12.3 Å². The first kappa shape index (κ1) is 12.5. The van der Waals surface area contributed by atoms with Gasteiger partial charge in [0.1, 0.15) is 13.2 Å². The van der Waals surface area contributed by atoms with Gasteiger partial charge < -0.3 is 10.5 Å². The summed E-state index contributed by atoms with van der Waals surface area (Å²) in [5.74, 6) is 2.98. The van der Waals surface area contributed by atoms with Gasteiger partial charge in [-0.3, -0.25) is 4.57 Å². The van der Waals surface area contributed by atoms with Crippen molar-refractivity contribution in [2.24, 2.45) is 5.92 Å². The summed E-state index contributed by atoms with van der Waals surface area (Å²) in [5, 5.41) is 0. The Labute approximate surface area is 122 Å². The molecule has 1 aliphatic heterocycles. The lowest BCUT2D eigenvalue weighted by atomic mass is 9.87. The lowest BCUT2D eigenvalue weighted by Gasteiger charge is -2.25.